The molecule has 0 aliphatic heterocycles. The van der Waals surface area contributed by atoms with Gasteiger partial charge in [-0.15, -0.1) is 0 Å². The van der Waals surface area contributed by atoms with E-state index in [1.165, 1.54) is 11.7 Å². The van der Waals surface area contributed by atoms with Gasteiger partial charge in [0.25, 0.3) is 11.5 Å². The second-order valence-electron chi connectivity index (χ2n) is 7.48. The molecule has 4 aromatic rings. The Labute approximate surface area is 189 Å². The number of hydrogen-bond donors (Lipinski definition) is 3. The summed E-state index contributed by atoms with van der Waals surface area (Å²) in [4.78, 5) is 40.7. The molecule has 0 unspecified atom stereocenters. The fraction of sp³-hybridized carbons (Fsp3) is 0.160. The number of H-pyrrole nitrogens is 1. The van der Waals surface area contributed by atoms with Gasteiger partial charge >= 0.3 is 5.69 Å². The number of carbonyl (C=O) groups excluding carboxylic acids is 1. The Bertz CT molecular complexity index is 1390. The van der Waals surface area contributed by atoms with E-state index in [-0.39, 0.29) is 24.7 Å². The van der Waals surface area contributed by atoms with E-state index in [0.29, 0.717) is 12.1 Å². The van der Waals surface area contributed by atoms with Crippen LogP contribution in [0.1, 0.15) is 15.9 Å². The molecular weight excluding hydrogens is 420 g/mol. The van der Waals surface area contributed by atoms with Gasteiger partial charge in [0.2, 0.25) is 0 Å². The van der Waals surface area contributed by atoms with Crippen LogP contribution in [0.2, 0.25) is 0 Å². The minimum Gasteiger partial charge on any atom is -0.383 e. The summed E-state index contributed by atoms with van der Waals surface area (Å²) in [7, 11) is 1.51. The lowest BCUT2D eigenvalue weighted by Gasteiger charge is -2.18. The molecule has 0 saturated heterocycles. The molecule has 1 amide bonds. The normalized spacial score (nSPS) is 10.8. The third-order valence-electron chi connectivity index (χ3n) is 5.27. The van der Waals surface area contributed by atoms with Gasteiger partial charge in [-0.2, -0.15) is 0 Å². The number of amides is 1. The molecule has 3 aromatic carbocycles. The summed E-state index contributed by atoms with van der Waals surface area (Å²) in [5, 5.41) is 7.76. The molecule has 0 aliphatic carbocycles. The average Bonchev–Trinajstić information content (AvgIpc) is 2.83. The Balaban J connectivity index is 1.71. The Morgan fingerprint density at radius 1 is 0.970 bits per heavy atom. The molecule has 0 bridgehead atoms. The van der Waals surface area contributed by atoms with Gasteiger partial charge in [0.1, 0.15) is 11.5 Å². The third kappa shape index (κ3) is 5.02. The number of nitrogens with zero attached hydrogens (tertiary/aromatic N) is 1. The van der Waals surface area contributed by atoms with E-state index < -0.39 is 17.2 Å². The van der Waals surface area contributed by atoms with Crippen molar-refractivity contribution >= 4 is 28.2 Å². The van der Waals surface area contributed by atoms with E-state index in [0.717, 1.165) is 16.3 Å². The molecule has 0 spiro atoms. The molecule has 0 atom stereocenters. The van der Waals surface area contributed by atoms with Crippen LogP contribution in [0.3, 0.4) is 0 Å². The van der Waals surface area contributed by atoms with Crippen LogP contribution in [-0.4, -0.2) is 29.2 Å². The van der Waals surface area contributed by atoms with Crippen molar-refractivity contribution in [1.82, 2.24) is 9.55 Å². The summed E-state index contributed by atoms with van der Waals surface area (Å²) in [6.45, 7) is 0.716. The van der Waals surface area contributed by atoms with Gasteiger partial charge in [0, 0.05) is 19.2 Å². The highest BCUT2D eigenvalue weighted by Crippen LogP contribution is 2.20. The van der Waals surface area contributed by atoms with Gasteiger partial charge < -0.3 is 15.4 Å². The van der Waals surface area contributed by atoms with Crippen molar-refractivity contribution in [3.05, 3.63) is 105 Å². The van der Waals surface area contributed by atoms with Crippen LogP contribution >= 0.6 is 0 Å². The predicted octanol–water partition coefficient (Wildman–Crippen LogP) is 3.20. The first-order chi connectivity index (χ1) is 16.1. The highest BCUT2D eigenvalue weighted by Gasteiger charge is 2.18. The SMILES string of the molecule is COCCn1c(NC(=O)c2ccc3ccccc3c2)c(NCc2ccccc2)c(=O)[nH]c1=O. The first-order valence-corrected chi connectivity index (χ1v) is 10.5. The zero-order valence-electron chi connectivity index (χ0n) is 18.1. The van der Waals surface area contributed by atoms with Crippen LogP contribution < -0.4 is 21.9 Å². The predicted molar refractivity (Wildman–Crippen MR) is 129 cm³/mol. The molecule has 0 aliphatic rings. The van der Waals surface area contributed by atoms with Crippen LogP contribution in [-0.2, 0) is 17.8 Å². The molecule has 33 heavy (non-hydrogen) atoms. The largest absolute Gasteiger partial charge is 0.383 e. The maximum Gasteiger partial charge on any atom is 0.330 e. The lowest BCUT2D eigenvalue weighted by atomic mass is 10.1. The number of hydrogen-bond acceptors (Lipinski definition) is 5. The number of nitrogens with one attached hydrogen (secondary N) is 3. The summed E-state index contributed by atoms with van der Waals surface area (Å²) >= 11 is 0. The summed E-state index contributed by atoms with van der Waals surface area (Å²) in [6.07, 6.45) is 0. The highest BCUT2D eigenvalue weighted by atomic mass is 16.5. The first-order valence-electron chi connectivity index (χ1n) is 10.5. The molecule has 0 fully saturated rings. The Morgan fingerprint density at radius 2 is 1.70 bits per heavy atom. The summed E-state index contributed by atoms with van der Waals surface area (Å²) in [5.74, 6) is -0.338. The monoisotopic (exact) mass is 444 g/mol. The Hall–Kier alpha value is -4.17. The fourth-order valence-corrected chi connectivity index (χ4v) is 3.56. The van der Waals surface area contributed by atoms with Crippen LogP contribution in [0.4, 0.5) is 11.5 Å². The van der Waals surface area contributed by atoms with Crippen LogP contribution in [0.25, 0.3) is 10.8 Å². The molecule has 3 N–H and O–H groups in total. The van der Waals surface area contributed by atoms with Crippen molar-refractivity contribution in [2.75, 3.05) is 24.4 Å². The molecule has 8 heteroatoms. The van der Waals surface area contributed by atoms with Crippen LogP contribution in [0.15, 0.2) is 82.4 Å². The minimum absolute atomic E-state index is 0.0925. The van der Waals surface area contributed by atoms with Gasteiger partial charge in [-0.25, -0.2) is 4.79 Å². The van der Waals surface area contributed by atoms with Gasteiger partial charge in [0.15, 0.2) is 0 Å². The zero-order valence-corrected chi connectivity index (χ0v) is 18.1. The molecule has 8 nitrogen and oxygen atoms in total. The number of anilines is 2. The number of rotatable bonds is 8. The molecule has 0 saturated carbocycles. The second kappa shape index (κ2) is 9.97. The minimum atomic E-state index is -0.629. The topological polar surface area (TPSA) is 105 Å². The van der Waals surface area contributed by atoms with Crippen molar-refractivity contribution in [2.45, 2.75) is 13.1 Å². The second-order valence-corrected chi connectivity index (χ2v) is 7.48. The maximum atomic E-state index is 13.1. The van der Waals surface area contributed by atoms with E-state index >= 15 is 0 Å². The Morgan fingerprint density at radius 3 is 2.45 bits per heavy atom. The lowest BCUT2D eigenvalue weighted by Crippen LogP contribution is -2.36. The number of fused-ring (bicyclic) bond motifs is 1. The number of ether oxygens (including phenoxy) is 1. The highest BCUT2D eigenvalue weighted by molar-refractivity contribution is 6.07. The Kier molecular flexibility index (Phi) is 6.66. The molecule has 1 aromatic heterocycles. The number of aromatic nitrogens is 2. The van der Waals surface area contributed by atoms with Crippen LogP contribution in [0, 0.1) is 0 Å². The number of carbonyl (C=O) groups is 1. The lowest BCUT2D eigenvalue weighted by molar-refractivity contribution is 0.102. The molecular formula is C25H24N4O4. The molecule has 0 radical (unpaired) electrons. The van der Waals surface area contributed by atoms with Crippen LogP contribution in [0.5, 0.6) is 0 Å². The number of methoxy groups -OCH3 is 1. The number of benzene rings is 3. The third-order valence-corrected chi connectivity index (χ3v) is 5.27. The zero-order chi connectivity index (χ0) is 23.2. The van der Waals surface area contributed by atoms with Gasteiger partial charge in [-0.1, -0.05) is 60.7 Å². The van der Waals surface area contributed by atoms with Crippen molar-refractivity contribution in [2.24, 2.45) is 0 Å². The van der Waals surface area contributed by atoms with Crippen molar-refractivity contribution in [3.63, 3.8) is 0 Å². The van der Waals surface area contributed by atoms with E-state index in [1.807, 2.05) is 60.7 Å². The smallest absolute Gasteiger partial charge is 0.330 e. The van der Waals surface area contributed by atoms with Crippen molar-refractivity contribution in [3.8, 4) is 0 Å². The molecule has 1 heterocycles. The summed E-state index contributed by atoms with van der Waals surface area (Å²) in [5.41, 5.74) is 0.213. The van der Waals surface area contributed by atoms with Crippen molar-refractivity contribution < 1.29 is 9.53 Å². The summed E-state index contributed by atoms with van der Waals surface area (Å²) in [6, 6.07) is 22.5. The average molecular weight is 444 g/mol. The first kappa shape index (κ1) is 22.0. The number of aromatic amines is 1. The summed E-state index contributed by atoms with van der Waals surface area (Å²) < 4.78 is 6.40. The maximum absolute atomic E-state index is 13.1. The van der Waals surface area contributed by atoms with E-state index in [4.69, 9.17) is 4.74 Å². The van der Waals surface area contributed by atoms with Gasteiger partial charge in [0.05, 0.1) is 13.2 Å². The standard InChI is InChI=1S/C25H24N4O4/c1-33-14-13-29-22(27-23(30)20-12-11-18-9-5-6-10-19(18)15-20)21(24(31)28-25(29)32)26-16-17-7-3-2-4-8-17/h2-12,15,26H,13-14,16H2,1H3,(H,27,30)(H,28,31,32). The van der Waals surface area contributed by atoms with Crippen molar-refractivity contribution in [1.29, 1.82) is 0 Å². The van der Waals surface area contributed by atoms with E-state index in [9.17, 15) is 14.4 Å². The van der Waals surface area contributed by atoms with Gasteiger partial charge in [-0.3, -0.25) is 19.1 Å². The van der Waals surface area contributed by atoms with E-state index in [1.54, 1.807) is 12.1 Å². The van der Waals surface area contributed by atoms with Gasteiger partial charge in [-0.05, 0) is 28.5 Å². The fourth-order valence-electron chi connectivity index (χ4n) is 3.56. The van der Waals surface area contributed by atoms with E-state index in [2.05, 4.69) is 15.6 Å². The molecule has 4 rings (SSSR count). The quantitative estimate of drug-likeness (QED) is 0.387. The molecule has 168 valence electrons.